The molecule has 1 amide bonds. The van der Waals surface area contributed by atoms with Crippen molar-refractivity contribution in [2.24, 2.45) is 0 Å². The molecule has 0 aliphatic heterocycles. The summed E-state index contributed by atoms with van der Waals surface area (Å²) in [4.78, 5) is 14.3. The normalized spacial score (nSPS) is 12.5. The Morgan fingerprint density at radius 1 is 1.08 bits per heavy atom. The number of likely N-dealkylation sites (N-methyl/N-ethyl adjacent to an activating group) is 1. The largest absolute Gasteiger partial charge is 0.340 e. The lowest BCUT2D eigenvalue weighted by molar-refractivity contribution is -0.131. The van der Waals surface area contributed by atoms with E-state index >= 15 is 0 Å². The molecule has 0 aliphatic carbocycles. The van der Waals surface area contributed by atoms with E-state index in [1.807, 2.05) is 12.1 Å². The highest BCUT2D eigenvalue weighted by Gasteiger charge is 2.31. The molecule has 0 bridgehead atoms. The van der Waals surface area contributed by atoms with Gasteiger partial charge in [-0.05, 0) is 42.8 Å². The van der Waals surface area contributed by atoms with Crippen LogP contribution in [0.4, 0.5) is 5.69 Å². The minimum atomic E-state index is -3.68. The summed E-state index contributed by atoms with van der Waals surface area (Å²) in [5.41, 5.74) is 1.24. The number of anilines is 1. The molecule has 26 heavy (non-hydrogen) atoms. The first-order valence-corrected chi connectivity index (χ1v) is 10.4. The van der Waals surface area contributed by atoms with Gasteiger partial charge in [0.05, 0.1) is 11.9 Å². The topological polar surface area (TPSA) is 57.7 Å². The van der Waals surface area contributed by atoms with Gasteiger partial charge in [-0.1, -0.05) is 41.4 Å². The van der Waals surface area contributed by atoms with E-state index in [2.05, 4.69) is 0 Å². The van der Waals surface area contributed by atoms with Gasteiger partial charge in [0, 0.05) is 23.6 Å². The van der Waals surface area contributed by atoms with Gasteiger partial charge in [0.15, 0.2) is 0 Å². The number of hydrogen-bond donors (Lipinski definition) is 0. The van der Waals surface area contributed by atoms with E-state index < -0.39 is 16.1 Å². The molecule has 8 heteroatoms. The zero-order chi connectivity index (χ0) is 19.5. The van der Waals surface area contributed by atoms with Crippen molar-refractivity contribution in [2.75, 3.05) is 17.6 Å². The first-order chi connectivity index (χ1) is 12.1. The van der Waals surface area contributed by atoms with Gasteiger partial charge < -0.3 is 4.90 Å². The van der Waals surface area contributed by atoms with Crippen molar-refractivity contribution in [1.29, 1.82) is 0 Å². The van der Waals surface area contributed by atoms with Crippen LogP contribution in [0, 0.1) is 0 Å². The third-order valence-corrected chi connectivity index (χ3v) is 5.57. The molecule has 0 N–H and O–H groups in total. The molecule has 140 valence electrons. The fourth-order valence-electron chi connectivity index (χ4n) is 2.68. The third kappa shape index (κ3) is 5.13. The summed E-state index contributed by atoms with van der Waals surface area (Å²) in [6.45, 7) is 1.90. The molecule has 5 nitrogen and oxygen atoms in total. The fourth-order valence-corrected chi connectivity index (χ4v) is 4.15. The maximum atomic E-state index is 12.8. The monoisotopic (exact) mass is 414 g/mol. The number of benzene rings is 2. The van der Waals surface area contributed by atoms with Crippen molar-refractivity contribution in [3.05, 3.63) is 64.1 Å². The van der Waals surface area contributed by atoms with Gasteiger partial charge in [0.1, 0.15) is 6.04 Å². The van der Waals surface area contributed by atoms with Crippen molar-refractivity contribution >= 4 is 44.8 Å². The first-order valence-electron chi connectivity index (χ1n) is 7.84. The molecule has 0 spiro atoms. The molecule has 2 aromatic carbocycles. The summed E-state index contributed by atoms with van der Waals surface area (Å²) < 4.78 is 25.7. The predicted octanol–water partition coefficient (Wildman–Crippen LogP) is 3.81. The lowest BCUT2D eigenvalue weighted by atomic mass is 10.2. The quantitative estimate of drug-likeness (QED) is 0.721. The van der Waals surface area contributed by atoms with Gasteiger partial charge in [0.2, 0.25) is 15.9 Å². The van der Waals surface area contributed by atoms with E-state index in [0.717, 1.165) is 16.1 Å². The Kier molecular flexibility index (Phi) is 6.55. The minimum absolute atomic E-state index is 0.328. The molecule has 1 unspecified atom stereocenters. The number of carbonyl (C=O) groups is 1. The number of nitrogens with zero attached hydrogens (tertiary/aromatic N) is 2. The molecular formula is C18H20Cl2N2O3S. The molecular weight excluding hydrogens is 395 g/mol. The van der Waals surface area contributed by atoms with Gasteiger partial charge in [-0.2, -0.15) is 0 Å². The van der Waals surface area contributed by atoms with Gasteiger partial charge in [-0.15, -0.1) is 0 Å². The molecule has 2 aromatic rings. The average Bonchev–Trinajstić information content (AvgIpc) is 2.55. The van der Waals surface area contributed by atoms with Gasteiger partial charge >= 0.3 is 0 Å². The zero-order valence-corrected chi connectivity index (χ0v) is 17.0. The SMILES string of the molecule is CC(C(=O)N(C)Cc1ccc(Cl)cc1)N(c1cccc(Cl)c1)S(C)(=O)=O. The summed E-state index contributed by atoms with van der Waals surface area (Å²) in [5, 5.41) is 1.01. The molecule has 0 saturated heterocycles. The van der Waals surface area contributed by atoms with E-state index in [-0.39, 0.29) is 5.91 Å². The summed E-state index contributed by atoms with van der Waals surface area (Å²) in [7, 11) is -2.05. The number of hydrogen-bond acceptors (Lipinski definition) is 3. The summed E-state index contributed by atoms with van der Waals surface area (Å²) in [6.07, 6.45) is 1.07. The Labute approximate surface area is 164 Å². The second-order valence-corrected chi connectivity index (χ2v) is 8.77. The maximum absolute atomic E-state index is 12.8. The molecule has 0 radical (unpaired) electrons. The lowest BCUT2D eigenvalue weighted by Gasteiger charge is -2.31. The molecule has 2 rings (SSSR count). The Morgan fingerprint density at radius 2 is 1.69 bits per heavy atom. The van der Waals surface area contributed by atoms with Crippen LogP contribution < -0.4 is 4.31 Å². The van der Waals surface area contributed by atoms with Crippen LogP contribution in [0.1, 0.15) is 12.5 Å². The summed E-state index contributed by atoms with van der Waals surface area (Å²) in [5.74, 6) is -0.328. The second-order valence-electron chi connectivity index (χ2n) is 6.04. The van der Waals surface area contributed by atoms with Crippen molar-refractivity contribution < 1.29 is 13.2 Å². The maximum Gasteiger partial charge on any atom is 0.246 e. The highest BCUT2D eigenvalue weighted by atomic mass is 35.5. The van der Waals surface area contributed by atoms with Gasteiger partial charge in [-0.3, -0.25) is 9.10 Å². The smallest absolute Gasteiger partial charge is 0.246 e. The molecule has 1 atom stereocenters. The number of sulfonamides is 1. The minimum Gasteiger partial charge on any atom is -0.340 e. The van der Waals surface area contributed by atoms with Gasteiger partial charge in [0.25, 0.3) is 0 Å². The van der Waals surface area contributed by atoms with Crippen LogP contribution in [0.5, 0.6) is 0 Å². The van der Waals surface area contributed by atoms with E-state index in [0.29, 0.717) is 22.3 Å². The molecule has 0 saturated carbocycles. The third-order valence-electron chi connectivity index (χ3n) is 3.84. The highest BCUT2D eigenvalue weighted by Crippen LogP contribution is 2.25. The van der Waals surface area contributed by atoms with E-state index in [9.17, 15) is 13.2 Å². The number of amides is 1. The van der Waals surface area contributed by atoms with Crippen LogP contribution in [-0.4, -0.2) is 38.6 Å². The van der Waals surface area contributed by atoms with E-state index in [4.69, 9.17) is 23.2 Å². The van der Waals surface area contributed by atoms with Crippen molar-refractivity contribution in [3.8, 4) is 0 Å². The van der Waals surface area contributed by atoms with Crippen LogP contribution in [0.15, 0.2) is 48.5 Å². The molecule has 0 aromatic heterocycles. The standard InChI is InChI=1S/C18H20Cl2N2O3S/c1-13(18(23)21(2)12-14-7-9-15(19)10-8-14)22(26(3,24)25)17-6-4-5-16(20)11-17/h4-11,13H,12H2,1-3H3. The van der Waals surface area contributed by atoms with Crippen molar-refractivity contribution in [2.45, 2.75) is 19.5 Å². The summed E-state index contributed by atoms with van der Waals surface area (Å²) >= 11 is 11.8. The number of carbonyl (C=O) groups excluding carboxylic acids is 1. The molecule has 0 heterocycles. The molecule has 0 fully saturated rings. The zero-order valence-electron chi connectivity index (χ0n) is 14.7. The predicted molar refractivity (Wildman–Crippen MR) is 106 cm³/mol. The van der Waals surface area contributed by atoms with Crippen molar-refractivity contribution in [3.63, 3.8) is 0 Å². The average molecular weight is 415 g/mol. The fraction of sp³-hybridized carbons (Fsp3) is 0.278. The Balaban J connectivity index is 2.25. The number of halogens is 2. The van der Waals surface area contributed by atoms with Crippen LogP contribution in [0.2, 0.25) is 10.0 Å². The van der Waals surface area contributed by atoms with Crippen LogP contribution in [0.25, 0.3) is 0 Å². The Hall–Kier alpha value is -1.76. The summed E-state index contributed by atoms with van der Waals surface area (Å²) in [6, 6.07) is 12.6. The van der Waals surface area contributed by atoms with Gasteiger partial charge in [-0.25, -0.2) is 8.42 Å². The Bertz CT molecular complexity index is 886. The van der Waals surface area contributed by atoms with E-state index in [1.165, 1.54) is 11.0 Å². The first kappa shape index (κ1) is 20.6. The van der Waals surface area contributed by atoms with E-state index in [1.54, 1.807) is 44.3 Å². The van der Waals surface area contributed by atoms with Crippen LogP contribution in [-0.2, 0) is 21.4 Å². The lowest BCUT2D eigenvalue weighted by Crippen LogP contribution is -2.48. The Morgan fingerprint density at radius 3 is 2.23 bits per heavy atom. The highest BCUT2D eigenvalue weighted by molar-refractivity contribution is 7.92. The van der Waals surface area contributed by atoms with Crippen LogP contribution >= 0.6 is 23.2 Å². The van der Waals surface area contributed by atoms with Crippen LogP contribution in [0.3, 0.4) is 0 Å². The van der Waals surface area contributed by atoms with Crippen molar-refractivity contribution in [1.82, 2.24) is 4.90 Å². The molecule has 0 aliphatic rings. The second kappa shape index (κ2) is 8.29. The number of rotatable bonds is 6.